The fraction of sp³-hybridized carbons (Fsp3) is 0.700. The van der Waals surface area contributed by atoms with Crippen molar-refractivity contribution in [1.29, 1.82) is 0 Å². The van der Waals surface area contributed by atoms with Crippen LogP contribution in [0.4, 0.5) is 0 Å². The number of hydrogen-bond acceptors (Lipinski definition) is 0. The number of rotatable bonds is 8. The quantitative estimate of drug-likeness (QED) is 0.425. The largest absolute Gasteiger partial charge is 0.0996 e. The molecule has 114 valence electrons. The second-order valence-corrected chi connectivity index (χ2v) is 7.10. The minimum Gasteiger partial charge on any atom is -0.0996 e. The van der Waals surface area contributed by atoms with E-state index in [0.717, 1.165) is 11.8 Å². The summed E-state index contributed by atoms with van der Waals surface area (Å²) < 4.78 is 0. The van der Waals surface area contributed by atoms with Crippen LogP contribution in [0, 0.1) is 11.8 Å². The van der Waals surface area contributed by atoms with Gasteiger partial charge in [0.2, 0.25) is 0 Å². The van der Waals surface area contributed by atoms with Gasteiger partial charge < -0.3 is 0 Å². The van der Waals surface area contributed by atoms with Gasteiger partial charge in [0.05, 0.1) is 0 Å². The van der Waals surface area contributed by atoms with Crippen LogP contribution in [0.3, 0.4) is 0 Å². The van der Waals surface area contributed by atoms with Crippen LogP contribution in [0.25, 0.3) is 0 Å². The second kappa shape index (κ2) is 9.21. The zero-order valence-electron chi connectivity index (χ0n) is 14.2. The summed E-state index contributed by atoms with van der Waals surface area (Å²) in [4.78, 5) is 0. The Morgan fingerprint density at radius 2 is 2.15 bits per heavy atom. The summed E-state index contributed by atoms with van der Waals surface area (Å²) in [6.45, 7) is 13.3. The summed E-state index contributed by atoms with van der Waals surface area (Å²) in [5, 5.41) is 0. The molecule has 0 spiro atoms. The molecule has 0 radical (unpaired) electrons. The molecule has 0 aromatic carbocycles. The molecule has 0 aromatic heterocycles. The Morgan fingerprint density at radius 1 is 1.40 bits per heavy atom. The average Bonchev–Trinajstić information content (AvgIpc) is 2.38. The molecule has 0 heterocycles. The molecule has 0 nitrogen and oxygen atoms in total. The Kier molecular flexibility index (Phi) is 7.95. The standard InChI is InChI=1S/C20H34/c1-16(2)8-6-10-18(5)20-14-12-19(13-15-20)11-7-9-17(3)4/h8,12,17,20H,5-7,9-11,13-15H2,1-4H3. The Labute approximate surface area is 127 Å². The number of hydrogen-bond donors (Lipinski definition) is 0. The molecule has 0 aliphatic heterocycles. The third-order valence-corrected chi connectivity index (χ3v) is 4.38. The summed E-state index contributed by atoms with van der Waals surface area (Å²) >= 11 is 0. The molecule has 1 rings (SSSR count). The Morgan fingerprint density at radius 3 is 2.70 bits per heavy atom. The van der Waals surface area contributed by atoms with E-state index >= 15 is 0 Å². The van der Waals surface area contributed by atoms with Crippen LogP contribution >= 0.6 is 0 Å². The van der Waals surface area contributed by atoms with E-state index in [1.165, 1.54) is 62.5 Å². The van der Waals surface area contributed by atoms with Crippen molar-refractivity contribution in [3.63, 3.8) is 0 Å². The topological polar surface area (TPSA) is 0 Å². The molecule has 20 heavy (non-hydrogen) atoms. The highest BCUT2D eigenvalue weighted by molar-refractivity contribution is 5.14. The van der Waals surface area contributed by atoms with Gasteiger partial charge in [0.25, 0.3) is 0 Å². The highest BCUT2D eigenvalue weighted by Gasteiger charge is 2.16. The van der Waals surface area contributed by atoms with Gasteiger partial charge in [-0.2, -0.15) is 0 Å². The minimum atomic E-state index is 0.745. The SMILES string of the molecule is C=C(CCC=C(C)C)C1CC=C(CCCC(C)C)CC1. The van der Waals surface area contributed by atoms with Gasteiger partial charge in [-0.15, -0.1) is 0 Å². The van der Waals surface area contributed by atoms with Crippen molar-refractivity contribution in [2.24, 2.45) is 11.8 Å². The minimum absolute atomic E-state index is 0.745. The fourth-order valence-corrected chi connectivity index (χ4v) is 2.97. The molecule has 0 saturated carbocycles. The van der Waals surface area contributed by atoms with Crippen molar-refractivity contribution in [1.82, 2.24) is 0 Å². The van der Waals surface area contributed by atoms with Crippen LogP contribution in [0.2, 0.25) is 0 Å². The van der Waals surface area contributed by atoms with Crippen LogP contribution in [0.15, 0.2) is 35.5 Å². The molecule has 1 aliphatic rings. The third-order valence-electron chi connectivity index (χ3n) is 4.38. The first-order valence-electron chi connectivity index (χ1n) is 8.48. The summed E-state index contributed by atoms with van der Waals surface area (Å²) in [6, 6.07) is 0. The van der Waals surface area contributed by atoms with Crippen LogP contribution in [0.1, 0.15) is 79.1 Å². The first-order valence-corrected chi connectivity index (χ1v) is 8.48. The van der Waals surface area contributed by atoms with E-state index in [-0.39, 0.29) is 0 Å². The van der Waals surface area contributed by atoms with Crippen molar-refractivity contribution in [2.75, 3.05) is 0 Å². The van der Waals surface area contributed by atoms with Crippen LogP contribution in [0.5, 0.6) is 0 Å². The van der Waals surface area contributed by atoms with Crippen LogP contribution in [-0.4, -0.2) is 0 Å². The monoisotopic (exact) mass is 274 g/mol. The fourth-order valence-electron chi connectivity index (χ4n) is 2.97. The van der Waals surface area contributed by atoms with Gasteiger partial charge in [-0.25, -0.2) is 0 Å². The van der Waals surface area contributed by atoms with Gasteiger partial charge in [-0.1, -0.05) is 55.7 Å². The van der Waals surface area contributed by atoms with Gasteiger partial charge in [-0.3, -0.25) is 0 Å². The zero-order chi connectivity index (χ0) is 15.0. The van der Waals surface area contributed by atoms with E-state index in [4.69, 9.17) is 0 Å². The van der Waals surface area contributed by atoms with E-state index in [2.05, 4.69) is 46.4 Å². The van der Waals surface area contributed by atoms with Gasteiger partial charge in [0.15, 0.2) is 0 Å². The van der Waals surface area contributed by atoms with Crippen molar-refractivity contribution in [3.05, 3.63) is 35.5 Å². The van der Waals surface area contributed by atoms with E-state index in [1.807, 2.05) is 0 Å². The maximum atomic E-state index is 4.33. The maximum Gasteiger partial charge on any atom is -0.0168 e. The van der Waals surface area contributed by atoms with Gasteiger partial charge in [0.1, 0.15) is 0 Å². The van der Waals surface area contributed by atoms with E-state index in [9.17, 15) is 0 Å². The van der Waals surface area contributed by atoms with Gasteiger partial charge >= 0.3 is 0 Å². The first kappa shape index (κ1) is 17.3. The van der Waals surface area contributed by atoms with Crippen molar-refractivity contribution >= 4 is 0 Å². The smallest absolute Gasteiger partial charge is 0.0168 e. The Bertz CT molecular complexity index is 350. The lowest BCUT2D eigenvalue weighted by Gasteiger charge is -2.24. The molecule has 1 unspecified atom stereocenters. The van der Waals surface area contributed by atoms with Gasteiger partial charge in [-0.05, 0) is 70.6 Å². The molecule has 0 fully saturated rings. The molecule has 0 aromatic rings. The summed E-state index contributed by atoms with van der Waals surface area (Å²) in [6.07, 6.45) is 15.1. The molecule has 1 aliphatic carbocycles. The molecular formula is C20H34. The van der Waals surface area contributed by atoms with Crippen LogP contribution in [-0.2, 0) is 0 Å². The summed E-state index contributed by atoms with van der Waals surface area (Å²) in [7, 11) is 0. The molecule has 0 saturated heterocycles. The van der Waals surface area contributed by atoms with Gasteiger partial charge in [0, 0.05) is 0 Å². The Hall–Kier alpha value is -0.780. The molecule has 0 amide bonds. The highest BCUT2D eigenvalue weighted by Crippen LogP contribution is 2.32. The second-order valence-electron chi connectivity index (χ2n) is 7.10. The lowest BCUT2D eigenvalue weighted by Crippen LogP contribution is -2.08. The molecule has 0 heteroatoms. The average molecular weight is 274 g/mol. The highest BCUT2D eigenvalue weighted by atomic mass is 14.2. The Balaban J connectivity index is 2.27. The molecular weight excluding hydrogens is 240 g/mol. The third kappa shape index (κ3) is 7.12. The number of allylic oxidation sites excluding steroid dienone is 5. The zero-order valence-corrected chi connectivity index (χ0v) is 14.2. The van der Waals surface area contributed by atoms with Crippen molar-refractivity contribution < 1.29 is 0 Å². The lowest BCUT2D eigenvalue weighted by molar-refractivity contribution is 0.499. The maximum absolute atomic E-state index is 4.33. The predicted molar refractivity (Wildman–Crippen MR) is 91.9 cm³/mol. The van der Waals surface area contributed by atoms with E-state index in [1.54, 1.807) is 5.57 Å². The van der Waals surface area contributed by atoms with Crippen LogP contribution < -0.4 is 0 Å². The molecule has 0 N–H and O–H groups in total. The molecule has 1 atom stereocenters. The van der Waals surface area contributed by atoms with Crippen molar-refractivity contribution in [2.45, 2.75) is 79.1 Å². The van der Waals surface area contributed by atoms with Crippen molar-refractivity contribution in [3.8, 4) is 0 Å². The lowest BCUT2D eigenvalue weighted by atomic mass is 9.82. The summed E-state index contributed by atoms with van der Waals surface area (Å²) in [5.74, 6) is 1.59. The predicted octanol–water partition coefficient (Wildman–Crippen LogP) is 6.84. The van der Waals surface area contributed by atoms with E-state index < -0.39 is 0 Å². The summed E-state index contributed by atoms with van der Waals surface area (Å²) in [5.41, 5.74) is 4.60. The first-order chi connectivity index (χ1) is 9.49. The van der Waals surface area contributed by atoms with E-state index in [0.29, 0.717) is 0 Å². The molecule has 0 bridgehead atoms. The normalized spacial score (nSPS) is 18.9.